The zero-order valence-electron chi connectivity index (χ0n) is 15.0. The van der Waals surface area contributed by atoms with E-state index >= 15 is 0 Å². The Bertz CT molecular complexity index is 964. The molecule has 12 heteroatoms. The zero-order valence-corrected chi connectivity index (χ0v) is 16.6. The van der Waals surface area contributed by atoms with Crippen LogP contribution in [-0.2, 0) is 6.18 Å². The highest BCUT2D eigenvalue weighted by molar-refractivity contribution is 8.00. The van der Waals surface area contributed by atoms with Crippen LogP contribution in [-0.4, -0.2) is 41.4 Å². The first-order chi connectivity index (χ1) is 13.2. The largest absolute Gasteiger partial charge is 0.497 e. The summed E-state index contributed by atoms with van der Waals surface area (Å²) in [5, 5.41) is 11.5. The molecule has 0 bridgehead atoms. The van der Waals surface area contributed by atoms with Crippen molar-refractivity contribution < 1.29 is 17.9 Å². The van der Waals surface area contributed by atoms with Crippen LogP contribution in [0.3, 0.4) is 0 Å². The molecule has 2 heterocycles. The number of anilines is 3. The van der Waals surface area contributed by atoms with Gasteiger partial charge in [0.25, 0.3) is 0 Å². The van der Waals surface area contributed by atoms with E-state index in [0.29, 0.717) is 15.2 Å². The average molecular weight is 428 g/mol. The molecule has 28 heavy (non-hydrogen) atoms. The van der Waals surface area contributed by atoms with E-state index < -0.39 is 11.9 Å². The van der Waals surface area contributed by atoms with Crippen LogP contribution >= 0.6 is 23.1 Å². The molecule has 3 aromatic rings. The fourth-order valence-electron chi connectivity index (χ4n) is 2.04. The van der Waals surface area contributed by atoms with Crippen molar-refractivity contribution in [3.63, 3.8) is 0 Å². The predicted molar refractivity (Wildman–Crippen MR) is 102 cm³/mol. The number of hydrogen-bond donors (Lipinski definition) is 1. The molecule has 0 aliphatic heterocycles. The van der Waals surface area contributed by atoms with Crippen molar-refractivity contribution in [2.45, 2.75) is 15.7 Å². The lowest BCUT2D eigenvalue weighted by Crippen LogP contribution is -2.15. The molecule has 1 N–H and O–H groups in total. The molecule has 0 unspecified atom stereocenters. The Hall–Kier alpha value is -2.60. The highest BCUT2D eigenvalue weighted by Crippen LogP contribution is 2.35. The quantitative estimate of drug-likeness (QED) is 0.582. The summed E-state index contributed by atoms with van der Waals surface area (Å²) in [5.41, 5.74) is -0.259. The molecular weight excluding hydrogens is 413 g/mol. The van der Waals surface area contributed by atoms with Gasteiger partial charge in [0.05, 0.1) is 7.11 Å². The molecule has 2 aromatic heterocycles. The molecule has 0 aliphatic carbocycles. The maximum absolute atomic E-state index is 13.1. The summed E-state index contributed by atoms with van der Waals surface area (Å²) < 4.78 is 44.9. The number of alkyl halides is 3. The number of benzene rings is 1. The van der Waals surface area contributed by atoms with Gasteiger partial charge < -0.3 is 15.0 Å². The molecular formula is C16H15F3N6OS2. The Morgan fingerprint density at radius 2 is 1.93 bits per heavy atom. The number of methoxy groups -OCH3 is 1. The third-order valence-corrected chi connectivity index (χ3v) is 5.10. The number of halogens is 3. The monoisotopic (exact) mass is 428 g/mol. The van der Waals surface area contributed by atoms with E-state index in [9.17, 15) is 13.2 Å². The summed E-state index contributed by atoms with van der Waals surface area (Å²) in [7, 11) is 4.78. The van der Waals surface area contributed by atoms with Gasteiger partial charge in [0.15, 0.2) is 15.2 Å². The van der Waals surface area contributed by atoms with Crippen LogP contribution in [0.1, 0.15) is 5.69 Å². The van der Waals surface area contributed by atoms with E-state index in [1.54, 1.807) is 33.3 Å². The molecule has 0 saturated carbocycles. The van der Waals surface area contributed by atoms with Gasteiger partial charge in [-0.3, -0.25) is 0 Å². The normalized spacial score (nSPS) is 11.4. The number of ether oxygens (including phenoxy) is 1. The van der Waals surface area contributed by atoms with Crippen LogP contribution in [0.15, 0.2) is 39.8 Å². The van der Waals surface area contributed by atoms with Gasteiger partial charge in [0.2, 0.25) is 5.13 Å². The molecule has 0 amide bonds. The van der Waals surface area contributed by atoms with Crippen LogP contribution in [0.2, 0.25) is 0 Å². The van der Waals surface area contributed by atoms with Crippen molar-refractivity contribution in [1.82, 2.24) is 20.2 Å². The average Bonchev–Trinajstić information content (AvgIpc) is 3.07. The van der Waals surface area contributed by atoms with Crippen LogP contribution < -0.4 is 15.0 Å². The smallest absolute Gasteiger partial charge is 0.433 e. The predicted octanol–water partition coefficient (Wildman–Crippen LogP) is 4.32. The highest BCUT2D eigenvalue weighted by atomic mass is 32.2. The maximum atomic E-state index is 13.1. The number of rotatable bonds is 6. The summed E-state index contributed by atoms with van der Waals surface area (Å²) in [4.78, 5) is 9.22. The van der Waals surface area contributed by atoms with Crippen LogP contribution in [0.25, 0.3) is 0 Å². The Balaban J connectivity index is 1.80. The Labute approximate surface area is 167 Å². The molecule has 148 valence electrons. The molecule has 0 atom stereocenters. The zero-order chi connectivity index (χ0) is 20.3. The first-order valence-electron chi connectivity index (χ1n) is 7.80. The van der Waals surface area contributed by atoms with Gasteiger partial charge in [-0.15, -0.1) is 10.2 Å². The molecule has 0 saturated heterocycles. The van der Waals surface area contributed by atoms with Crippen molar-refractivity contribution in [3.05, 3.63) is 36.0 Å². The van der Waals surface area contributed by atoms with Crippen molar-refractivity contribution in [2.75, 3.05) is 31.4 Å². The van der Waals surface area contributed by atoms with Gasteiger partial charge in [-0.2, -0.15) is 13.2 Å². The van der Waals surface area contributed by atoms with Gasteiger partial charge in [0.1, 0.15) is 11.6 Å². The van der Waals surface area contributed by atoms with Crippen LogP contribution in [0.4, 0.5) is 29.8 Å². The Morgan fingerprint density at radius 3 is 2.61 bits per heavy atom. The fraction of sp³-hybridized carbons (Fsp3) is 0.250. The Kier molecular flexibility index (Phi) is 5.89. The highest BCUT2D eigenvalue weighted by Gasteiger charge is 2.34. The summed E-state index contributed by atoms with van der Waals surface area (Å²) in [5.74, 6) is 0.835. The summed E-state index contributed by atoms with van der Waals surface area (Å²) in [6.07, 6.45) is -4.57. The second kappa shape index (κ2) is 8.19. The minimum Gasteiger partial charge on any atom is -0.497 e. The second-order valence-electron chi connectivity index (χ2n) is 5.62. The first-order valence-corrected chi connectivity index (χ1v) is 9.44. The second-order valence-corrected chi connectivity index (χ2v) is 7.81. The van der Waals surface area contributed by atoms with Crippen LogP contribution in [0.5, 0.6) is 5.75 Å². The third-order valence-electron chi connectivity index (χ3n) is 3.35. The molecule has 0 radical (unpaired) electrons. The lowest BCUT2D eigenvalue weighted by Gasteiger charge is -2.14. The van der Waals surface area contributed by atoms with Crippen molar-refractivity contribution >= 4 is 39.7 Å². The lowest BCUT2D eigenvalue weighted by molar-refractivity contribution is -0.141. The van der Waals surface area contributed by atoms with E-state index in [1.165, 1.54) is 16.2 Å². The lowest BCUT2D eigenvalue weighted by atomic mass is 10.3. The molecule has 1 aromatic carbocycles. The molecule has 0 fully saturated rings. The SMILES string of the molecule is COc1cccc(Nc2nnc(Sc3nc(N(C)C)cc(C(F)(F)F)n3)s2)c1. The van der Waals surface area contributed by atoms with E-state index in [4.69, 9.17) is 4.74 Å². The van der Waals surface area contributed by atoms with Crippen molar-refractivity contribution in [2.24, 2.45) is 0 Å². The minimum atomic E-state index is -4.57. The molecule has 0 spiro atoms. The third kappa shape index (κ3) is 5.01. The van der Waals surface area contributed by atoms with E-state index in [0.717, 1.165) is 23.5 Å². The molecule has 0 aliphatic rings. The van der Waals surface area contributed by atoms with E-state index in [-0.39, 0.29) is 11.0 Å². The van der Waals surface area contributed by atoms with Crippen molar-refractivity contribution in [1.29, 1.82) is 0 Å². The van der Waals surface area contributed by atoms with Crippen LogP contribution in [0, 0.1) is 0 Å². The van der Waals surface area contributed by atoms with Gasteiger partial charge >= 0.3 is 6.18 Å². The van der Waals surface area contributed by atoms with Gasteiger partial charge in [-0.1, -0.05) is 17.4 Å². The Morgan fingerprint density at radius 1 is 1.14 bits per heavy atom. The van der Waals surface area contributed by atoms with Gasteiger partial charge in [-0.05, 0) is 23.9 Å². The number of nitrogens with one attached hydrogen (secondary N) is 1. The maximum Gasteiger partial charge on any atom is 0.433 e. The van der Waals surface area contributed by atoms with E-state index in [2.05, 4.69) is 25.5 Å². The van der Waals surface area contributed by atoms with Crippen molar-refractivity contribution in [3.8, 4) is 5.75 Å². The summed E-state index contributed by atoms with van der Waals surface area (Å²) in [6.45, 7) is 0. The number of aromatic nitrogens is 4. The number of nitrogens with zero attached hydrogens (tertiary/aromatic N) is 5. The van der Waals surface area contributed by atoms with Gasteiger partial charge in [0, 0.05) is 31.9 Å². The molecule has 7 nitrogen and oxygen atoms in total. The van der Waals surface area contributed by atoms with E-state index in [1.807, 2.05) is 12.1 Å². The van der Waals surface area contributed by atoms with Gasteiger partial charge in [-0.25, -0.2) is 9.97 Å². The number of hydrogen-bond acceptors (Lipinski definition) is 9. The molecule has 3 rings (SSSR count). The summed E-state index contributed by atoms with van der Waals surface area (Å²) in [6, 6.07) is 8.14. The standard InChI is InChI=1S/C16H15F3N6OS2/c1-25(2)12-8-11(16(17,18)19)21-13(22-12)27-15-24-23-14(28-15)20-9-5-4-6-10(7-9)26-3/h4-8H,1-3H3,(H,20,23). The first kappa shape index (κ1) is 20.1. The topological polar surface area (TPSA) is 76.1 Å². The fourth-order valence-corrected chi connectivity index (χ4v) is 3.68. The summed E-state index contributed by atoms with van der Waals surface area (Å²) >= 11 is 2.10. The minimum absolute atomic E-state index is 0.0531.